The van der Waals surface area contributed by atoms with Crippen LogP contribution in [0.25, 0.3) is 10.6 Å². The maximum atomic E-state index is 8.60. The molecule has 0 spiro atoms. The van der Waals surface area contributed by atoms with Crippen LogP contribution in [0.5, 0.6) is 0 Å². The molecule has 110 valence electrons. The predicted octanol–water partition coefficient (Wildman–Crippen LogP) is 1.97. The first-order valence-corrected chi connectivity index (χ1v) is 7.97. The van der Waals surface area contributed by atoms with E-state index in [2.05, 4.69) is 14.7 Å². The van der Waals surface area contributed by atoms with E-state index in [0.717, 1.165) is 34.2 Å². The maximum Gasteiger partial charge on any atom is 0.149 e. The second kappa shape index (κ2) is 7.53. The van der Waals surface area contributed by atoms with Crippen molar-refractivity contribution in [1.82, 2.24) is 9.36 Å². The first-order chi connectivity index (χ1) is 9.72. The molecule has 4 N–H and O–H groups in total. The summed E-state index contributed by atoms with van der Waals surface area (Å²) in [7, 11) is 0. The Morgan fingerprint density at radius 2 is 2.30 bits per heavy atom. The van der Waals surface area contributed by atoms with Crippen LogP contribution in [0.15, 0.2) is 5.38 Å². The van der Waals surface area contributed by atoms with Gasteiger partial charge in [-0.2, -0.15) is 4.37 Å². The first-order valence-electron chi connectivity index (χ1n) is 6.32. The van der Waals surface area contributed by atoms with Gasteiger partial charge in [0.25, 0.3) is 0 Å². The van der Waals surface area contributed by atoms with Crippen molar-refractivity contribution in [2.75, 3.05) is 37.4 Å². The molecular formula is C12H18N4O2S2. The molecule has 2 aromatic heterocycles. The number of hydrogen-bond acceptors (Lipinski definition) is 8. The number of nitrogens with zero attached hydrogens (tertiary/aromatic N) is 2. The van der Waals surface area contributed by atoms with Crippen LogP contribution in [-0.2, 0) is 4.74 Å². The smallest absolute Gasteiger partial charge is 0.149 e. The number of nitrogen functional groups attached to an aromatic ring is 1. The Labute approximate surface area is 125 Å². The Hall–Kier alpha value is -1.22. The van der Waals surface area contributed by atoms with Crippen LogP contribution in [0.1, 0.15) is 12.1 Å². The van der Waals surface area contributed by atoms with Gasteiger partial charge in [-0.1, -0.05) is 0 Å². The fraction of sp³-hybridized carbons (Fsp3) is 0.500. The second-order valence-electron chi connectivity index (χ2n) is 4.18. The molecule has 20 heavy (non-hydrogen) atoms. The second-order valence-corrected chi connectivity index (χ2v) is 5.81. The molecule has 0 unspecified atom stereocenters. The summed E-state index contributed by atoms with van der Waals surface area (Å²) < 4.78 is 9.40. The highest BCUT2D eigenvalue weighted by atomic mass is 32.1. The van der Waals surface area contributed by atoms with Gasteiger partial charge in [0, 0.05) is 24.2 Å². The molecule has 6 nitrogen and oxygen atoms in total. The summed E-state index contributed by atoms with van der Waals surface area (Å²) in [6, 6.07) is 0. The molecule has 2 rings (SSSR count). The zero-order valence-corrected chi connectivity index (χ0v) is 12.9. The summed E-state index contributed by atoms with van der Waals surface area (Å²) in [5, 5.41) is 15.8. The number of thiazole rings is 1. The van der Waals surface area contributed by atoms with E-state index in [1.807, 2.05) is 12.3 Å². The first kappa shape index (κ1) is 15.2. The highest BCUT2D eigenvalue weighted by molar-refractivity contribution is 7.15. The van der Waals surface area contributed by atoms with Crippen LogP contribution in [0.4, 0.5) is 10.8 Å². The lowest BCUT2D eigenvalue weighted by atomic mass is 10.3. The summed E-state index contributed by atoms with van der Waals surface area (Å²) in [5.74, 6) is 0.517. The van der Waals surface area contributed by atoms with Crippen molar-refractivity contribution in [3.63, 3.8) is 0 Å². The van der Waals surface area contributed by atoms with Crippen molar-refractivity contribution < 1.29 is 9.84 Å². The summed E-state index contributed by atoms with van der Waals surface area (Å²) in [5.41, 5.74) is 7.80. The highest BCUT2D eigenvalue weighted by Crippen LogP contribution is 2.38. The van der Waals surface area contributed by atoms with Gasteiger partial charge in [-0.05, 0) is 24.9 Å². The van der Waals surface area contributed by atoms with E-state index < -0.39 is 0 Å². The number of aromatic nitrogens is 2. The molecular weight excluding hydrogens is 296 g/mol. The summed E-state index contributed by atoms with van der Waals surface area (Å²) in [4.78, 5) is 4.46. The molecule has 0 bridgehead atoms. The van der Waals surface area contributed by atoms with Crippen LogP contribution >= 0.6 is 22.9 Å². The monoisotopic (exact) mass is 314 g/mol. The average molecular weight is 314 g/mol. The molecule has 8 heteroatoms. The van der Waals surface area contributed by atoms with E-state index >= 15 is 0 Å². The fourth-order valence-electron chi connectivity index (χ4n) is 1.64. The number of ether oxygens (including phenoxy) is 1. The van der Waals surface area contributed by atoms with Gasteiger partial charge in [0.2, 0.25) is 0 Å². The lowest BCUT2D eigenvalue weighted by Gasteiger charge is -2.06. The van der Waals surface area contributed by atoms with Crippen molar-refractivity contribution in [3.05, 3.63) is 11.1 Å². The summed E-state index contributed by atoms with van der Waals surface area (Å²) in [6.45, 7) is 3.79. The number of nitrogens with one attached hydrogen (secondary N) is 1. The van der Waals surface area contributed by atoms with Crippen molar-refractivity contribution in [1.29, 1.82) is 0 Å². The minimum atomic E-state index is 0.0619. The Morgan fingerprint density at radius 3 is 3.00 bits per heavy atom. The van der Waals surface area contributed by atoms with Crippen molar-refractivity contribution in [3.8, 4) is 10.6 Å². The average Bonchev–Trinajstić information content (AvgIpc) is 3.00. The number of rotatable bonds is 8. The topological polar surface area (TPSA) is 93.3 Å². The van der Waals surface area contributed by atoms with E-state index in [4.69, 9.17) is 15.6 Å². The van der Waals surface area contributed by atoms with E-state index in [1.165, 1.54) is 11.5 Å². The van der Waals surface area contributed by atoms with Gasteiger partial charge in [0.1, 0.15) is 15.8 Å². The van der Waals surface area contributed by atoms with E-state index in [9.17, 15) is 0 Å². The van der Waals surface area contributed by atoms with Gasteiger partial charge in [0.05, 0.1) is 18.8 Å². The van der Waals surface area contributed by atoms with Gasteiger partial charge >= 0.3 is 0 Å². The third-order valence-corrected chi connectivity index (χ3v) is 4.33. The molecule has 0 radical (unpaired) electrons. The zero-order chi connectivity index (χ0) is 14.4. The number of anilines is 2. The highest BCUT2D eigenvalue weighted by Gasteiger charge is 2.16. The Morgan fingerprint density at radius 1 is 1.45 bits per heavy atom. The van der Waals surface area contributed by atoms with Gasteiger partial charge < -0.3 is 20.9 Å². The van der Waals surface area contributed by atoms with Crippen LogP contribution in [0, 0.1) is 6.92 Å². The molecule has 0 aromatic carbocycles. The summed E-state index contributed by atoms with van der Waals surface area (Å²) >= 11 is 2.92. The fourth-order valence-corrected chi connectivity index (χ4v) is 3.30. The van der Waals surface area contributed by atoms with E-state index in [0.29, 0.717) is 19.0 Å². The molecule has 0 aliphatic carbocycles. The largest absolute Gasteiger partial charge is 0.394 e. The number of aryl methyl sites for hydroxylation is 1. The van der Waals surface area contributed by atoms with E-state index in [1.54, 1.807) is 11.3 Å². The SMILES string of the molecule is Cc1csc(-c2c(N)nsc2NCCCOCCO)n1. The number of aliphatic hydroxyl groups is 1. The van der Waals surface area contributed by atoms with Crippen LogP contribution < -0.4 is 11.1 Å². The van der Waals surface area contributed by atoms with Gasteiger partial charge in [-0.15, -0.1) is 11.3 Å². The molecule has 0 saturated carbocycles. The molecule has 0 atom stereocenters. The van der Waals surface area contributed by atoms with Gasteiger partial charge in [-0.25, -0.2) is 4.98 Å². The number of nitrogens with two attached hydrogens (primary N) is 1. The van der Waals surface area contributed by atoms with E-state index in [-0.39, 0.29) is 6.61 Å². The standard InChI is InChI=1S/C12H18N4O2S2/c1-8-7-19-12(15-8)9-10(13)16-20-11(9)14-3-2-5-18-6-4-17/h7,14,17H,2-6H2,1H3,(H2,13,16). The lowest BCUT2D eigenvalue weighted by molar-refractivity contribution is 0.0922. The van der Waals surface area contributed by atoms with Crippen molar-refractivity contribution in [2.24, 2.45) is 0 Å². The molecule has 0 fully saturated rings. The normalized spacial score (nSPS) is 10.9. The molecule has 0 amide bonds. The maximum absolute atomic E-state index is 8.60. The quantitative estimate of drug-likeness (QED) is 0.645. The van der Waals surface area contributed by atoms with Crippen LogP contribution in [0.2, 0.25) is 0 Å². The number of hydrogen-bond donors (Lipinski definition) is 3. The molecule has 0 aliphatic rings. The molecule has 2 aromatic rings. The molecule has 0 saturated heterocycles. The van der Waals surface area contributed by atoms with Gasteiger partial charge in [0.15, 0.2) is 0 Å². The van der Waals surface area contributed by atoms with Crippen molar-refractivity contribution >= 4 is 33.7 Å². The van der Waals surface area contributed by atoms with Crippen LogP contribution in [-0.4, -0.2) is 40.8 Å². The number of aliphatic hydroxyl groups excluding tert-OH is 1. The minimum Gasteiger partial charge on any atom is -0.394 e. The minimum absolute atomic E-state index is 0.0619. The van der Waals surface area contributed by atoms with Gasteiger partial charge in [-0.3, -0.25) is 0 Å². The molecule has 0 aliphatic heterocycles. The zero-order valence-electron chi connectivity index (χ0n) is 11.3. The van der Waals surface area contributed by atoms with Crippen molar-refractivity contribution in [2.45, 2.75) is 13.3 Å². The van der Waals surface area contributed by atoms with Crippen LogP contribution in [0.3, 0.4) is 0 Å². The Bertz CT molecular complexity index is 541. The third-order valence-electron chi connectivity index (χ3n) is 2.54. The predicted molar refractivity (Wildman–Crippen MR) is 83.4 cm³/mol. The third kappa shape index (κ3) is 3.89. The lowest BCUT2D eigenvalue weighted by Crippen LogP contribution is -2.07. The summed E-state index contributed by atoms with van der Waals surface area (Å²) in [6.07, 6.45) is 0.855. The Kier molecular flexibility index (Phi) is 5.72. The Balaban J connectivity index is 1.92. The molecule has 2 heterocycles.